The van der Waals surface area contributed by atoms with E-state index >= 15 is 0 Å². The number of para-hydroxylation sites is 2. The maximum Gasteiger partial charge on any atom is 0.279 e. The molecule has 1 amide bonds. The van der Waals surface area contributed by atoms with Gasteiger partial charge in [0, 0.05) is 11.8 Å². The van der Waals surface area contributed by atoms with Crippen molar-refractivity contribution in [3.8, 4) is 17.2 Å². The van der Waals surface area contributed by atoms with Crippen LogP contribution in [-0.4, -0.2) is 26.0 Å². The molecule has 1 heterocycles. The van der Waals surface area contributed by atoms with Crippen molar-refractivity contribution in [3.05, 3.63) is 96.3 Å². The second-order valence-corrected chi connectivity index (χ2v) is 7.02. The lowest BCUT2D eigenvalue weighted by atomic mass is 10.3. The zero-order chi connectivity index (χ0) is 21.6. The summed E-state index contributed by atoms with van der Waals surface area (Å²) in [5.41, 5.74) is 2.15. The molecule has 2 N–H and O–H groups in total. The SMILES string of the molecule is Cc1nn(-c2ccccc2)nc1C(=O)NC(=S)Nc1cccc(Oc2ccccc2)c1. The van der Waals surface area contributed by atoms with Crippen molar-refractivity contribution in [3.63, 3.8) is 0 Å². The van der Waals surface area contributed by atoms with E-state index in [1.54, 1.807) is 13.0 Å². The summed E-state index contributed by atoms with van der Waals surface area (Å²) in [4.78, 5) is 14.1. The molecule has 31 heavy (non-hydrogen) atoms. The second-order valence-electron chi connectivity index (χ2n) is 6.61. The van der Waals surface area contributed by atoms with Gasteiger partial charge in [-0.2, -0.15) is 9.90 Å². The van der Waals surface area contributed by atoms with Gasteiger partial charge in [-0.1, -0.05) is 42.5 Å². The second kappa shape index (κ2) is 9.19. The quantitative estimate of drug-likeness (QED) is 0.455. The highest BCUT2D eigenvalue weighted by Gasteiger charge is 2.17. The molecule has 154 valence electrons. The molecule has 4 aromatic rings. The Bertz CT molecular complexity index is 1210. The molecule has 0 spiro atoms. The first-order valence-electron chi connectivity index (χ1n) is 9.53. The monoisotopic (exact) mass is 429 g/mol. The van der Waals surface area contributed by atoms with E-state index in [0.29, 0.717) is 17.1 Å². The van der Waals surface area contributed by atoms with Crippen LogP contribution < -0.4 is 15.4 Å². The van der Waals surface area contributed by atoms with Crippen molar-refractivity contribution < 1.29 is 9.53 Å². The van der Waals surface area contributed by atoms with Gasteiger partial charge in [-0.25, -0.2) is 0 Å². The van der Waals surface area contributed by atoms with Gasteiger partial charge in [0.25, 0.3) is 5.91 Å². The van der Waals surface area contributed by atoms with Crippen LogP contribution >= 0.6 is 12.2 Å². The summed E-state index contributed by atoms with van der Waals surface area (Å²) in [5.74, 6) is 0.938. The van der Waals surface area contributed by atoms with E-state index in [0.717, 1.165) is 11.4 Å². The van der Waals surface area contributed by atoms with Crippen molar-refractivity contribution in [2.75, 3.05) is 5.32 Å². The summed E-state index contributed by atoms with van der Waals surface area (Å²) in [6.45, 7) is 1.72. The molecule has 0 aliphatic carbocycles. The lowest BCUT2D eigenvalue weighted by molar-refractivity contribution is 0.0972. The number of thiocarbonyl (C=S) groups is 1. The number of benzene rings is 3. The minimum absolute atomic E-state index is 0.149. The molecule has 0 fully saturated rings. The first-order valence-corrected chi connectivity index (χ1v) is 9.94. The minimum atomic E-state index is -0.436. The number of aromatic nitrogens is 3. The van der Waals surface area contributed by atoms with Gasteiger partial charge in [0.15, 0.2) is 10.8 Å². The molecule has 0 radical (unpaired) electrons. The van der Waals surface area contributed by atoms with Gasteiger partial charge in [-0.15, -0.1) is 5.10 Å². The smallest absolute Gasteiger partial charge is 0.279 e. The van der Waals surface area contributed by atoms with Crippen LogP contribution in [0.25, 0.3) is 5.69 Å². The van der Waals surface area contributed by atoms with E-state index in [4.69, 9.17) is 17.0 Å². The average molecular weight is 430 g/mol. The number of amides is 1. The fourth-order valence-corrected chi connectivity index (χ4v) is 3.06. The fourth-order valence-electron chi connectivity index (χ4n) is 2.85. The maximum absolute atomic E-state index is 12.6. The van der Waals surface area contributed by atoms with Gasteiger partial charge in [0.2, 0.25) is 0 Å². The van der Waals surface area contributed by atoms with Crippen molar-refractivity contribution in [2.24, 2.45) is 0 Å². The molecule has 0 saturated carbocycles. The van der Waals surface area contributed by atoms with E-state index in [1.165, 1.54) is 4.80 Å². The van der Waals surface area contributed by atoms with Crippen LogP contribution in [0.15, 0.2) is 84.9 Å². The number of ether oxygens (including phenoxy) is 1. The van der Waals surface area contributed by atoms with Crippen LogP contribution in [0.3, 0.4) is 0 Å². The van der Waals surface area contributed by atoms with Gasteiger partial charge < -0.3 is 10.1 Å². The average Bonchev–Trinajstić information content (AvgIpc) is 3.17. The minimum Gasteiger partial charge on any atom is -0.457 e. The Kier molecular flexibility index (Phi) is 6.00. The predicted octanol–water partition coefficient (Wildman–Crippen LogP) is 4.49. The summed E-state index contributed by atoms with van der Waals surface area (Å²) in [6.07, 6.45) is 0. The third-order valence-corrected chi connectivity index (χ3v) is 4.49. The summed E-state index contributed by atoms with van der Waals surface area (Å²) >= 11 is 5.29. The van der Waals surface area contributed by atoms with Gasteiger partial charge >= 0.3 is 0 Å². The third-order valence-electron chi connectivity index (χ3n) is 4.28. The molecule has 4 rings (SSSR count). The van der Waals surface area contributed by atoms with Gasteiger partial charge in [0.1, 0.15) is 11.5 Å². The highest BCUT2D eigenvalue weighted by molar-refractivity contribution is 7.80. The van der Waals surface area contributed by atoms with E-state index in [9.17, 15) is 4.79 Å². The standard InChI is InChI=1S/C23H19N5O2S/c1-16-21(27-28(26-16)18-10-4-2-5-11-18)22(29)25-23(31)24-17-9-8-14-20(15-17)30-19-12-6-3-7-13-19/h2-15H,1H3,(H2,24,25,29,31). The van der Waals surface area contributed by atoms with Gasteiger partial charge in [-0.3, -0.25) is 10.1 Å². The van der Waals surface area contributed by atoms with E-state index in [2.05, 4.69) is 20.8 Å². The van der Waals surface area contributed by atoms with Gasteiger partial charge in [0.05, 0.1) is 11.4 Å². The van der Waals surface area contributed by atoms with Crippen molar-refractivity contribution in [1.29, 1.82) is 0 Å². The van der Waals surface area contributed by atoms with Crippen LogP contribution in [0.2, 0.25) is 0 Å². The molecule has 0 aliphatic heterocycles. The normalized spacial score (nSPS) is 10.4. The maximum atomic E-state index is 12.6. The number of hydrogen-bond acceptors (Lipinski definition) is 5. The topological polar surface area (TPSA) is 81.1 Å². The third kappa shape index (κ3) is 5.12. The highest BCUT2D eigenvalue weighted by Crippen LogP contribution is 2.23. The molecule has 0 atom stereocenters. The Morgan fingerprint density at radius 1 is 0.903 bits per heavy atom. The Hall–Kier alpha value is -4.04. The largest absolute Gasteiger partial charge is 0.457 e. The molecule has 8 heteroatoms. The van der Waals surface area contributed by atoms with Crippen LogP contribution in [0.5, 0.6) is 11.5 Å². The number of nitrogens with zero attached hydrogens (tertiary/aromatic N) is 3. The molecule has 0 saturated heterocycles. The number of nitrogens with one attached hydrogen (secondary N) is 2. The summed E-state index contributed by atoms with van der Waals surface area (Å²) in [7, 11) is 0. The molecule has 0 bridgehead atoms. The molecule has 3 aromatic carbocycles. The lowest BCUT2D eigenvalue weighted by Gasteiger charge is -2.11. The van der Waals surface area contributed by atoms with Crippen LogP contribution in [-0.2, 0) is 0 Å². The van der Waals surface area contributed by atoms with E-state index < -0.39 is 5.91 Å². The highest BCUT2D eigenvalue weighted by atomic mass is 32.1. The van der Waals surface area contributed by atoms with Crippen LogP contribution in [0, 0.1) is 6.92 Å². The zero-order valence-corrected chi connectivity index (χ0v) is 17.5. The van der Waals surface area contributed by atoms with E-state index in [-0.39, 0.29) is 10.8 Å². The number of carbonyl (C=O) groups excluding carboxylic acids is 1. The molecular weight excluding hydrogens is 410 g/mol. The predicted molar refractivity (Wildman–Crippen MR) is 123 cm³/mol. The van der Waals surface area contributed by atoms with Crippen molar-refractivity contribution in [1.82, 2.24) is 20.3 Å². The number of rotatable bonds is 5. The Labute approximate surface area is 184 Å². The molecule has 7 nitrogen and oxygen atoms in total. The van der Waals surface area contributed by atoms with Crippen LogP contribution in [0.4, 0.5) is 5.69 Å². The van der Waals surface area contributed by atoms with Crippen molar-refractivity contribution in [2.45, 2.75) is 6.92 Å². The Morgan fingerprint density at radius 2 is 1.58 bits per heavy atom. The fraction of sp³-hybridized carbons (Fsp3) is 0.0435. The first kappa shape index (κ1) is 20.2. The molecular formula is C23H19N5O2S. The molecule has 0 unspecified atom stereocenters. The Morgan fingerprint density at radius 3 is 2.32 bits per heavy atom. The summed E-state index contributed by atoms with van der Waals surface area (Å²) in [5, 5.41) is 14.4. The lowest BCUT2D eigenvalue weighted by Crippen LogP contribution is -2.34. The van der Waals surface area contributed by atoms with Crippen molar-refractivity contribution >= 4 is 28.9 Å². The molecule has 1 aromatic heterocycles. The number of carbonyl (C=O) groups is 1. The Balaban J connectivity index is 1.41. The van der Waals surface area contributed by atoms with Gasteiger partial charge in [-0.05, 0) is 55.5 Å². The summed E-state index contributed by atoms with van der Waals surface area (Å²) < 4.78 is 5.82. The first-order chi connectivity index (χ1) is 15.1. The number of hydrogen-bond donors (Lipinski definition) is 2. The summed E-state index contributed by atoms with van der Waals surface area (Å²) in [6, 6.07) is 26.1. The number of anilines is 1. The number of aryl methyl sites for hydroxylation is 1. The molecule has 0 aliphatic rings. The zero-order valence-electron chi connectivity index (χ0n) is 16.6. The van der Waals surface area contributed by atoms with Crippen LogP contribution in [0.1, 0.15) is 16.2 Å². The van der Waals surface area contributed by atoms with E-state index in [1.807, 2.05) is 78.9 Å².